The summed E-state index contributed by atoms with van der Waals surface area (Å²) < 4.78 is 0. The molecule has 0 spiro atoms. The molecule has 160 valence electrons. The van der Waals surface area contributed by atoms with Crippen LogP contribution in [0.1, 0.15) is 71.6 Å². The van der Waals surface area contributed by atoms with Crippen LogP contribution in [0.5, 0.6) is 0 Å². The second kappa shape index (κ2) is 8.51. The Morgan fingerprint density at radius 2 is 1.61 bits per heavy atom. The zero-order chi connectivity index (χ0) is 19.2. The summed E-state index contributed by atoms with van der Waals surface area (Å²) in [5.41, 5.74) is 5.67. The molecule has 5 saturated carbocycles. The molecule has 5 aliphatic rings. The van der Waals surface area contributed by atoms with Crippen molar-refractivity contribution < 1.29 is 9.59 Å². The van der Waals surface area contributed by atoms with E-state index in [9.17, 15) is 9.59 Å². The first-order valence-corrected chi connectivity index (χ1v) is 11.2. The summed E-state index contributed by atoms with van der Waals surface area (Å²) in [4.78, 5) is 26.4. The molecule has 0 aliphatic heterocycles. The Bertz CT molecular complexity index is 559. The molecule has 5 nitrogen and oxygen atoms in total. The zero-order valence-corrected chi connectivity index (χ0v) is 18.2. The Labute approximate surface area is 175 Å². The minimum atomic E-state index is -0.440. The van der Waals surface area contributed by atoms with E-state index in [4.69, 9.17) is 5.73 Å². The van der Waals surface area contributed by atoms with Crippen molar-refractivity contribution in [3.05, 3.63) is 0 Å². The van der Waals surface area contributed by atoms with E-state index in [1.54, 1.807) is 0 Å². The third kappa shape index (κ3) is 4.07. The van der Waals surface area contributed by atoms with Crippen molar-refractivity contribution in [3.63, 3.8) is 0 Å². The van der Waals surface area contributed by atoms with Gasteiger partial charge in [0.25, 0.3) is 0 Å². The van der Waals surface area contributed by atoms with E-state index in [2.05, 4.69) is 10.6 Å². The average molecular weight is 412 g/mol. The Morgan fingerprint density at radius 3 is 2.11 bits per heavy atom. The van der Waals surface area contributed by atoms with Crippen LogP contribution in [0.15, 0.2) is 0 Å². The highest BCUT2D eigenvalue weighted by molar-refractivity contribution is 5.90. The fourth-order valence-electron chi connectivity index (χ4n) is 7.00. The van der Waals surface area contributed by atoms with E-state index < -0.39 is 6.04 Å². The first-order chi connectivity index (χ1) is 12.9. The number of halogens is 1. The highest BCUT2D eigenvalue weighted by atomic mass is 35.5. The molecule has 3 atom stereocenters. The van der Waals surface area contributed by atoms with Crippen LogP contribution >= 0.6 is 12.4 Å². The van der Waals surface area contributed by atoms with E-state index in [0.717, 1.165) is 56.3 Å². The van der Waals surface area contributed by atoms with Gasteiger partial charge in [-0.3, -0.25) is 9.59 Å². The lowest BCUT2D eigenvalue weighted by atomic mass is 9.49. The highest BCUT2D eigenvalue weighted by Crippen LogP contribution is 2.60. The van der Waals surface area contributed by atoms with Gasteiger partial charge in [0, 0.05) is 11.5 Å². The highest BCUT2D eigenvalue weighted by Gasteiger charge is 2.55. The van der Waals surface area contributed by atoms with Crippen LogP contribution in [-0.2, 0) is 9.59 Å². The van der Waals surface area contributed by atoms with Gasteiger partial charge in [0.05, 0.1) is 0 Å². The molecule has 4 bridgehead atoms. The number of hydrogen-bond acceptors (Lipinski definition) is 3. The van der Waals surface area contributed by atoms with Crippen LogP contribution in [0.4, 0.5) is 0 Å². The molecule has 0 saturated heterocycles. The lowest BCUT2D eigenvalue weighted by molar-refractivity contribution is -0.149. The molecule has 2 amide bonds. The van der Waals surface area contributed by atoms with E-state index in [0.29, 0.717) is 12.5 Å². The Morgan fingerprint density at radius 1 is 1.04 bits per heavy atom. The molecule has 0 heterocycles. The number of carbonyl (C=O) groups excluding carboxylic acids is 2. The Hall–Kier alpha value is -0.810. The standard InChI is InChI=1S/C22H37N3O2.ClH/c1-13(2)19(20(26)24-18-5-3-4-17(18)12-23)25-21(27)22-9-14-6-15(10-22)8-16(7-14)11-22;/h13-19H,3-12,23H2,1-2H3,(H,24,26)(H,25,27);1H. The van der Waals surface area contributed by atoms with Crippen molar-refractivity contribution in [2.24, 2.45) is 40.7 Å². The normalized spacial score (nSPS) is 39.5. The third-order valence-corrected chi connectivity index (χ3v) is 8.05. The van der Waals surface area contributed by atoms with E-state index in [1.807, 2.05) is 13.8 Å². The molecule has 6 heteroatoms. The summed E-state index contributed by atoms with van der Waals surface area (Å²) in [5.74, 6) is 2.79. The second-order valence-corrected chi connectivity index (χ2v) is 10.4. The first-order valence-electron chi connectivity index (χ1n) is 11.2. The van der Waals surface area contributed by atoms with Crippen LogP contribution in [0, 0.1) is 35.0 Å². The van der Waals surface area contributed by atoms with Crippen molar-refractivity contribution >= 4 is 24.2 Å². The van der Waals surface area contributed by atoms with Crippen LogP contribution in [0.25, 0.3) is 0 Å². The van der Waals surface area contributed by atoms with E-state index in [1.165, 1.54) is 19.3 Å². The van der Waals surface area contributed by atoms with Gasteiger partial charge in [0.2, 0.25) is 11.8 Å². The summed E-state index contributed by atoms with van der Waals surface area (Å²) in [6.07, 6.45) is 10.3. The van der Waals surface area contributed by atoms with E-state index >= 15 is 0 Å². The Balaban J connectivity index is 0.00000225. The Kier molecular flexibility index (Phi) is 6.65. The first kappa shape index (κ1) is 21.9. The van der Waals surface area contributed by atoms with Crippen LogP contribution in [0.2, 0.25) is 0 Å². The van der Waals surface area contributed by atoms with Crippen molar-refractivity contribution in [2.75, 3.05) is 6.54 Å². The third-order valence-electron chi connectivity index (χ3n) is 8.05. The molecular formula is C22H38ClN3O2. The monoisotopic (exact) mass is 411 g/mol. The predicted octanol–water partition coefficient (Wildman–Crippen LogP) is 3.01. The number of amides is 2. The van der Waals surface area contributed by atoms with E-state index in [-0.39, 0.29) is 41.6 Å². The molecule has 5 aliphatic carbocycles. The largest absolute Gasteiger partial charge is 0.351 e. The molecule has 3 unspecified atom stereocenters. The summed E-state index contributed by atoms with van der Waals surface area (Å²) >= 11 is 0. The predicted molar refractivity (Wildman–Crippen MR) is 113 cm³/mol. The van der Waals surface area contributed by atoms with Gasteiger partial charge in [-0.05, 0) is 87.5 Å². The quantitative estimate of drug-likeness (QED) is 0.628. The van der Waals surface area contributed by atoms with Gasteiger partial charge in [-0.15, -0.1) is 12.4 Å². The molecular weight excluding hydrogens is 374 g/mol. The molecule has 4 N–H and O–H groups in total. The van der Waals surface area contributed by atoms with Gasteiger partial charge < -0.3 is 16.4 Å². The number of carbonyl (C=O) groups is 2. The van der Waals surface area contributed by atoms with Crippen LogP contribution in [0.3, 0.4) is 0 Å². The lowest BCUT2D eigenvalue weighted by Gasteiger charge is -2.55. The van der Waals surface area contributed by atoms with Crippen LogP contribution < -0.4 is 16.4 Å². The number of hydrogen-bond donors (Lipinski definition) is 3. The molecule has 0 aromatic rings. The van der Waals surface area contributed by atoms with Crippen molar-refractivity contribution in [2.45, 2.75) is 83.7 Å². The maximum absolute atomic E-state index is 13.4. The molecule has 28 heavy (non-hydrogen) atoms. The van der Waals surface area contributed by atoms with Gasteiger partial charge >= 0.3 is 0 Å². The average Bonchev–Trinajstić information content (AvgIpc) is 3.04. The fourth-order valence-corrected chi connectivity index (χ4v) is 7.00. The van der Waals surface area contributed by atoms with Gasteiger partial charge in [-0.1, -0.05) is 20.3 Å². The summed E-state index contributed by atoms with van der Waals surface area (Å²) in [6.45, 7) is 4.68. The minimum Gasteiger partial charge on any atom is -0.351 e. The van der Waals surface area contributed by atoms with Gasteiger partial charge in [-0.2, -0.15) is 0 Å². The molecule has 0 aromatic heterocycles. The molecule has 5 rings (SSSR count). The number of nitrogens with one attached hydrogen (secondary N) is 2. The van der Waals surface area contributed by atoms with Crippen molar-refractivity contribution in [1.29, 1.82) is 0 Å². The summed E-state index contributed by atoms with van der Waals surface area (Å²) in [7, 11) is 0. The summed E-state index contributed by atoms with van der Waals surface area (Å²) in [5, 5.41) is 6.40. The molecule has 0 aromatic carbocycles. The SMILES string of the molecule is CC(C)C(NC(=O)C12CC3CC(CC(C3)C1)C2)C(=O)NC1CCCC1CN.Cl. The topological polar surface area (TPSA) is 84.2 Å². The van der Waals surface area contributed by atoms with Crippen LogP contribution in [-0.4, -0.2) is 30.4 Å². The second-order valence-electron chi connectivity index (χ2n) is 10.4. The fraction of sp³-hybridized carbons (Fsp3) is 0.909. The molecule has 0 radical (unpaired) electrons. The van der Waals surface area contributed by atoms with Gasteiger partial charge in [0.1, 0.15) is 6.04 Å². The lowest BCUT2D eigenvalue weighted by Crippen LogP contribution is -2.59. The summed E-state index contributed by atoms with van der Waals surface area (Å²) in [6, 6.07) is -0.273. The number of rotatable bonds is 6. The number of nitrogens with two attached hydrogens (primary N) is 1. The van der Waals surface area contributed by atoms with Gasteiger partial charge in [0.15, 0.2) is 0 Å². The smallest absolute Gasteiger partial charge is 0.243 e. The zero-order valence-electron chi connectivity index (χ0n) is 17.4. The van der Waals surface area contributed by atoms with Crippen molar-refractivity contribution in [1.82, 2.24) is 10.6 Å². The minimum absolute atomic E-state index is 0. The van der Waals surface area contributed by atoms with Gasteiger partial charge in [-0.25, -0.2) is 0 Å². The maximum Gasteiger partial charge on any atom is 0.243 e. The molecule has 5 fully saturated rings. The maximum atomic E-state index is 13.4. The van der Waals surface area contributed by atoms with Crippen molar-refractivity contribution in [3.8, 4) is 0 Å².